The van der Waals surface area contributed by atoms with Gasteiger partial charge in [0, 0.05) is 23.2 Å². The lowest BCUT2D eigenvalue weighted by Gasteiger charge is -2.25. The normalized spacial score (nSPS) is 23.0. The number of hydrogen-bond acceptors (Lipinski definition) is 2. The fourth-order valence-electron chi connectivity index (χ4n) is 2.42. The molecule has 1 N–H and O–H groups in total. The van der Waals surface area contributed by atoms with Gasteiger partial charge in [-0.25, -0.2) is 4.39 Å². The van der Waals surface area contributed by atoms with Gasteiger partial charge in [-0.1, -0.05) is 22.0 Å². The summed E-state index contributed by atoms with van der Waals surface area (Å²) in [5.74, 6) is 0.363. The Balaban J connectivity index is 2.00. The Hall–Kier alpha value is -0.450. The van der Waals surface area contributed by atoms with Crippen LogP contribution in [-0.2, 0) is 4.74 Å². The van der Waals surface area contributed by atoms with E-state index in [0.717, 1.165) is 29.7 Å². The van der Waals surface area contributed by atoms with Crippen LogP contribution >= 0.6 is 15.9 Å². The minimum absolute atomic E-state index is 0.190. The van der Waals surface area contributed by atoms with Crippen molar-refractivity contribution >= 4 is 15.9 Å². The van der Waals surface area contributed by atoms with Crippen LogP contribution in [0.25, 0.3) is 0 Å². The zero-order chi connectivity index (χ0) is 13.1. The molecule has 3 atom stereocenters. The molecule has 1 aliphatic rings. The molecule has 3 unspecified atom stereocenters. The summed E-state index contributed by atoms with van der Waals surface area (Å²) in [5.41, 5.74) is 1.09. The molecule has 0 spiro atoms. The van der Waals surface area contributed by atoms with Gasteiger partial charge in [0.05, 0.1) is 6.61 Å². The van der Waals surface area contributed by atoms with E-state index in [9.17, 15) is 4.39 Å². The molecular weight excluding hydrogens is 297 g/mol. The first kappa shape index (κ1) is 14.0. The van der Waals surface area contributed by atoms with Gasteiger partial charge in [-0.15, -0.1) is 0 Å². The Bertz CT molecular complexity index is 407. The molecule has 1 saturated heterocycles. The molecule has 1 aliphatic heterocycles. The van der Waals surface area contributed by atoms with Crippen LogP contribution in [-0.4, -0.2) is 19.3 Å². The Morgan fingerprint density at radius 3 is 2.83 bits per heavy atom. The summed E-state index contributed by atoms with van der Waals surface area (Å²) in [7, 11) is 0. The van der Waals surface area contributed by atoms with E-state index in [4.69, 9.17) is 4.74 Å². The van der Waals surface area contributed by atoms with Crippen molar-refractivity contribution in [1.82, 2.24) is 5.32 Å². The number of nitrogens with one attached hydrogen (secondary N) is 1. The molecule has 2 nitrogen and oxygen atoms in total. The minimum Gasteiger partial charge on any atom is -0.381 e. The third-order valence-corrected chi connectivity index (χ3v) is 4.30. The maximum absolute atomic E-state index is 13.1. The van der Waals surface area contributed by atoms with Gasteiger partial charge in [0.1, 0.15) is 5.82 Å². The molecule has 1 aromatic rings. The quantitative estimate of drug-likeness (QED) is 0.915. The van der Waals surface area contributed by atoms with Crippen molar-refractivity contribution in [1.29, 1.82) is 0 Å². The van der Waals surface area contributed by atoms with Crippen molar-refractivity contribution < 1.29 is 9.13 Å². The van der Waals surface area contributed by atoms with E-state index in [0.29, 0.717) is 12.0 Å². The van der Waals surface area contributed by atoms with E-state index >= 15 is 0 Å². The summed E-state index contributed by atoms with van der Waals surface area (Å²) in [6, 6.07) is 5.43. The zero-order valence-electron chi connectivity index (χ0n) is 10.7. The van der Waals surface area contributed by atoms with Gasteiger partial charge in [-0.3, -0.25) is 0 Å². The van der Waals surface area contributed by atoms with Crippen LogP contribution < -0.4 is 5.32 Å². The SMILES string of the molecule is CC(NC(C)C1CCOC1)c1ccc(F)cc1Br. The third kappa shape index (κ3) is 3.31. The number of hydrogen-bond donors (Lipinski definition) is 1. The summed E-state index contributed by atoms with van der Waals surface area (Å²) in [6.07, 6.45) is 1.12. The van der Waals surface area contributed by atoms with E-state index in [1.807, 2.05) is 6.07 Å². The van der Waals surface area contributed by atoms with Gasteiger partial charge in [0.15, 0.2) is 0 Å². The Morgan fingerprint density at radius 2 is 2.22 bits per heavy atom. The molecule has 0 saturated carbocycles. The highest BCUT2D eigenvalue weighted by molar-refractivity contribution is 9.10. The van der Waals surface area contributed by atoms with Gasteiger partial charge in [0.25, 0.3) is 0 Å². The molecular formula is C14H19BrFNO. The number of rotatable bonds is 4. The van der Waals surface area contributed by atoms with Crippen molar-refractivity contribution in [3.8, 4) is 0 Å². The van der Waals surface area contributed by atoms with Gasteiger partial charge in [-0.05, 0) is 43.9 Å². The lowest BCUT2D eigenvalue weighted by Crippen LogP contribution is -2.35. The van der Waals surface area contributed by atoms with Crippen molar-refractivity contribution in [2.24, 2.45) is 5.92 Å². The summed E-state index contributed by atoms with van der Waals surface area (Å²) >= 11 is 3.42. The van der Waals surface area contributed by atoms with Crippen LogP contribution in [0.15, 0.2) is 22.7 Å². The third-order valence-electron chi connectivity index (χ3n) is 3.61. The molecule has 1 fully saturated rings. The lowest BCUT2D eigenvalue weighted by molar-refractivity contribution is 0.177. The minimum atomic E-state index is -0.213. The summed E-state index contributed by atoms with van der Waals surface area (Å²) < 4.78 is 19.3. The largest absolute Gasteiger partial charge is 0.381 e. The second-order valence-corrected chi connectivity index (χ2v) is 5.82. The summed E-state index contributed by atoms with van der Waals surface area (Å²) in [5, 5.41) is 3.57. The highest BCUT2D eigenvalue weighted by atomic mass is 79.9. The highest BCUT2D eigenvalue weighted by Gasteiger charge is 2.24. The van der Waals surface area contributed by atoms with E-state index in [2.05, 4.69) is 35.1 Å². The summed E-state index contributed by atoms with van der Waals surface area (Å²) in [4.78, 5) is 0. The van der Waals surface area contributed by atoms with E-state index in [1.54, 1.807) is 0 Å². The van der Waals surface area contributed by atoms with Crippen LogP contribution in [0.3, 0.4) is 0 Å². The molecule has 0 aromatic heterocycles. The fourth-order valence-corrected chi connectivity index (χ4v) is 3.11. The van der Waals surface area contributed by atoms with Crippen molar-refractivity contribution in [2.45, 2.75) is 32.4 Å². The molecule has 0 radical (unpaired) electrons. The Kier molecular flexibility index (Phi) is 4.76. The molecule has 1 aromatic carbocycles. The molecule has 1 heterocycles. The topological polar surface area (TPSA) is 21.3 Å². The molecule has 100 valence electrons. The van der Waals surface area contributed by atoms with Gasteiger partial charge >= 0.3 is 0 Å². The van der Waals surface area contributed by atoms with Crippen molar-refractivity contribution in [2.75, 3.05) is 13.2 Å². The first-order valence-corrected chi connectivity index (χ1v) is 7.16. The fraction of sp³-hybridized carbons (Fsp3) is 0.571. The average molecular weight is 316 g/mol. The van der Waals surface area contributed by atoms with E-state index in [1.165, 1.54) is 12.1 Å². The monoisotopic (exact) mass is 315 g/mol. The average Bonchev–Trinajstić information content (AvgIpc) is 2.81. The standard InChI is InChI=1S/C14H19BrFNO/c1-9(11-5-6-18-8-11)17-10(2)13-4-3-12(16)7-14(13)15/h3-4,7,9-11,17H,5-6,8H2,1-2H3. The Morgan fingerprint density at radius 1 is 1.44 bits per heavy atom. The molecule has 2 rings (SSSR count). The molecule has 0 amide bonds. The first-order valence-electron chi connectivity index (χ1n) is 6.36. The van der Waals surface area contributed by atoms with Crippen LogP contribution in [0.2, 0.25) is 0 Å². The van der Waals surface area contributed by atoms with Crippen molar-refractivity contribution in [3.05, 3.63) is 34.1 Å². The van der Waals surface area contributed by atoms with E-state index < -0.39 is 0 Å². The van der Waals surface area contributed by atoms with Gasteiger partial charge in [0.2, 0.25) is 0 Å². The lowest BCUT2D eigenvalue weighted by atomic mass is 9.98. The smallest absolute Gasteiger partial charge is 0.124 e. The van der Waals surface area contributed by atoms with Crippen LogP contribution in [0, 0.1) is 11.7 Å². The first-order chi connectivity index (χ1) is 8.58. The second kappa shape index (κ2) is 6.13. The maximum atomic E-state index is 13.1. The van der Waals surface area contributed by atoms with Crippen LogP contribution in [0.5, 0.6) is 0 Å². The number of ether oxygens (including phenoxy) is 1. The summed E-state index contributed by atoms with van der Waals surface area (Å²) in [6.45, 7) is 5.99. The highest BCUT2D eigenvalue weighted by Crippen LogP contribution is 2.26. The Labute approximate surface area is 116 Å². The molecule has 0 aliphatic carbocycles. The number of benzene rings is 1. The molecule has 18 heavy (non-hydrogen) atoms. The van der Waals surface area contributed by atoms with Gasteiger partial charge < -0.3 is 10.1 Å². The van der Waals surface area contributed by atoms with Crippen LogP contribution in [0.4, 0.5) is 4.39 Å². The van der Waals surface area contributed by atoms with Crippen LogP contribution in [0.1, 0.15) is 31.9 Å². The maximum Gasteiger partial charge on any atom is 0.124 e. The van der Waals surface area contributed by atoms with Gasteiger partial charge in [-0.2, -0.15) is 0 Å². The van der Waals surface area contributed by atoms with E-state index in [-0.39, 0.29) is 11.9 Å². The molecule has 0 bridgehead atoms. The predicted octanol–water partition coefficient (Wildman–Crippen LogP) is 3.66. The predicted molar refractivity (Wildman–Crippen MR) is 74.0 cm³/mol. The van der Waals surface area contributed by atoms with Crippen molar-refractivity contribution in [3.63, 3.8) is 0 Å². The second-order valence-electron chi connectivity index (χ2n) is 4.97. The molecule has 4 heteroatoms. The number of halogens is 2. The zero-order valence-corrected chi connectivity index (χ0v) is 12.3.